The minimum absolute atomic E-state index is 0.0284. The van der Waals surface area contributed by atoms with Gasteiger partial charge in [-0.05, 0) is 43.0 Å². The number of hydrogen-bond acceptors (Lipinski definition) is 2. The zero-order valence-electron chi connectivity index (χ0n) is 11.4. The van der Waals surface area contributed by atoms with Crippen molar-refractivity contribution in [1.29, 1.82) is 0 Å². The zero-order chi connectivity index (χ0) is 14.4. The van der Waals surface area contributed by atoms with E-state index in [0.29, 0.717) is 12.0 Å². The molecule has 0 aliphatic heterocycles. The summed E-state index contributed by atoms with van der Waals surface area (Å²) >= 11 is 0. The first-order chi connectivity index (χ1) is 9.65. The summed E-state index contributed by atoms with van der Waals surface area (Å²) in [6, 6.07) is 8.44. The molecule has 20 heavy (non-hydrogen) atoms. The quantitative estimate of drug-likeness (QED) is 0.880. The van der Waals surface area contributed by atoms with Gasteiger partial charge in [0.1, 0.15) is 5.82 Å². The van der Waals surface area contributed by atoms with Crippen LogP contribution in [0.5, 0.6) is 0 Å². The van der Waals surface area contributed by atoms with E-state index in [9.17, 15) is 9.18 Å². The second kappa shape index (κ2) is 6.89. The molecule has 0 saturated heterocycles. The fraction of sp³-hybridized carbons (Fsp3) is 0.312. The second-order valence-electron chi connectivity index (χ2n) is 4.90. The van der Waals surface area contributed by atoms with Crippen molar-refractivity contribution >= 4 is 5.91 Å². The number of carbonyl (C=O) groups is 1. The predicted octanol–water partition coefficient (Wildman–Crippen LogP) is 3.10. The molecule has 1 unspecified atom stereocenters. The lowest BCUT2D eigenvalue weighted by molar-refractivity contribution is -0.121. The van der Waals surface area contributed by atoms with Crippen LogP contribution in [0.15, 0.2) is 47.3 Å². The van der Waals surface area contributed by atoms with Crippen molar-refractivity contribution in [2.75, 3.05) is 0 Å². The molecule has 1 aromatic carbocycles. The lowest BCUT2D eigenvalue weighted by Gasteiger charge is -2.13. The summed E-state index contributed by atoms with van der Waals surface area (Å²) < 4.78 is 18.4. The summed E-state index contributed by atoms with van der Waals surface area (Å²) in [6.45, 7) is 1.94. The van der Waals surface area contributed by atoms with Crippen molar-refractivity contribution in [2.45, 2.75) is 32.2 Å². The largest absolute Gasteiger partial charge is 0.472 e. The Morgan fingerprint density at radius 2 is 2.15 bits per heavy atom. The molecule has 0 spiro atoms. The van der Waals surface area contributed by atoms with E-state index in [1.807, 2.05) is 13.0 Å². The summed E-state index contributed by atoms with van der Waals surface area (Å²) in [5, 5.41) is 2.90. The monoisotopic (exact) mass is 275 g/mol. The van der Waals surface area contributed by atoms with Crippen molar-refractivity contribution in [3.63, 3.8) is 0 Å². The van der Waals surface area contributed by atoms with Crippen molar-refractivity contribution < 1.29 is 13.6 Å². The van der Waals surface area contributed by atoms with Crippen molar-refractivity contribution in [2.24, 2.45) is 0 Å². The average molecular weight is 275 g/mol. The van der Waals surface area contributed by atoms with Crippen LogP contribution in [-0.4, -0.2) is 11.9 Å². The number of benzene rings is 1. The zero-order valence-corrected chi connectivity index (χ0v) is 11.4. The Kier molecular flexibility index (Phi) is 4.93. The highest BCUT2D eigenvalue weighted by Gasteiger charge is 2.10. The molecular formula is C16H18FNO2. The van der Waals surface area contributed by atoms with Gasteiger partial charge < -0.3 is 9.73 Å². The Morgan fingerprint density at radius 1 is 1.35 bits per heavy atom. The van der Waals surface area contributed by atoms with Crippen LogP contribution in [0.1, 0.15) is 24.5 Å². The number of carbonyl (C=O) groups excluding carboxylic acids is 1. The molecule has 1 amide bonds. The third-order valence-corrected chi connectivity index (χ3v) is 3.11. The van der Waals surface area contributed by atoms with Crippen LogP contribution < -0.4 is 5.32 Å². The Hall–Kier alpha value is -2.10. The van der Waals surface area contributed by atoms with E-state index >= 15 is 0 Å². The number of nitrogens with one attached hydrogen (secondary N) is 1. The van der Waals surface area contributed by atoms with Gasteiger partial charge in [-0.2, -0.15) is 0 Å². The molecular weight excluding hydrogens is 257 g/mol. The highest BCUT2D eigenvalue weighted by atomic mass is 19.1. The molecule has 2 rings (SSSR count). The minimum Gasteiger partial charge on any atom is -0.472 e. The Labute approximate surface area is 117 Å². The van der Waals surface area contributed by atoms with Crippen molar-refractivity contribution in [3.8, 4) is 0 Å². The molecule has 1 heterocycles. The molecule has 0 bridgehead atoms. The molecule has 3 nitrogen and oxygen atoms in total. The normalized spacial score (nSPS) is 12.1. The molecule has 1 aromatic heterocycles. The number of halogens is 1. The maximum atomic E-state index is 13.4. The molecule has 0 saturated carbocycles. The van der Waals surface area contributed by atoms with Crippen molar-refractivity contribution in [3.05, 3.63) is 59.8 Å². The second-order valence-corrected chi connectivity index (χ2v) is 4.90. The summed E-state index contributed by atoms with van der Waals surface area (Å²) in [7, 11) is 0. The van der Waals surface area contributed by atoms with Crippen LogP contribution in [-0.2, 0) is 17.6 Å². The van der Waals surface area contributed by atoms with Gasteiger partial charge in [-0.25, -0.2) is 4.39 Å². The van der Waals surface area contributed by atoms with Gasteiger partial charge in [0.05, 0.1) is 12.5 Å². The molecule has 2 aromatic rings. The highest BCUT2D eigenvalue weighted by Crippen LogP contribution is 2.09. The molecule has 0 aliphatic rings. The van der Waals surface area contributed by atoms with Gasteiger partial charge in [-0.1, -0.05) is 18.2 Å². The van der Waals surface area contributed by atoms with E-state index in [-0.39, 0.29) is 24.2 Å². The maximum Gasteiger partial charge on any atom is 0.220 e. The Bertz CT molecular complexity index is 551. The summed E-state index contributed by atoms with van der Waals surface area (Å²) in [5.41, 5.74) is 1.62. The molecule has 0 radical (unpaired) electrons. The fourth-order valence-corrected chi connectivity index (χ4v) is 2.11. The summed E-state index contributed by atoms with van der Waals surface area (Å²) in [6.07, 6.45) is 4.71. The Morgan fingerprint density at radius 3 is 2.85 bits per heavy atom. The number of aryl methyl sites for hydroxylation is 1. The number of hydrogen-bond donors (Lipinski definition) is 1. The van der Waals surface area contributed by atoms with Crippen LogP contribution in [0.3, 0.4) is 0 Å². The lowest BCUT2D eigenvalue weighted by Crippen LogP contribution is -2.34. The van der Waals surface area contributed by atoms with E-state index in [1.54, 1.807) is 30.7 Å². The SMILES string of the molecule is CC(Cc1ccoc1)NC(=O)CCc1ccccc1F. The van der Waals surface area contributed by atoms with Gasteiger partial charge in [-0.15, -0.1) is 0 Å². The van der Waals surface area contributed by atoms with Crippen LogP contribution in [0.2, 0.25) is 0 Å². The molecule has 1 N–H and O–H groups in total. The minimum atomic E-state index is -0.258. The third kappa shape index (κ3) is 4.23. The van der Waals surface area contributed by atoms with Crippen LogP contribution >= 0.6 is 0 Å². The van der Waals surface area contributed by atoms with Crippen molar-refractivity contribution in [1.82, 2.24) is 5.32 Å². The molecule has 1 atom stereocenters. The van der Waals surface area contributed by atoms with Gasteiger partial charge in [0.25, 0.3) is 0 Å². The van der Waals surface area contributed by atoms with Gasteiger partial charge in [0.15, 0.2) is 0 Å². The van der Waals surface area contributed by atoms with E-state index in [1.165, 1.54) is 6.07 Å². The fourth-order valence-electron chi connectivity index (χ4n) is 2.11. The van der Waals surface area contributed by atoms with Gasteiger partial charge in [0.2, 0.25) is 5.91 Å². The predicted molar refractivity (Wildman–Crippen MR) is 74.7 cm³/mol. The molecule has 0 fully saturated rings. The first kappa shape index (κ1) is 14.3. The van der Waals surface area contributed by atoms with E-state index in [4.69, 9.17) is 4.42 Å². The molecule has 4 heteroatoms. The lowest BCUT2D eigenvalue weighted by atomic mass is 10.1. The number of amides is 1. The Balaban J connectivity index is 1.76. The van der Waals surface area contributed by atoms with E-state index in [0.717, 1.165) is 12.0 Å². The van der Waals surface area contributed by atoms with Crippen LogP contribution in [0, 0.1) is 5.82 Å². The average Bonchev–Trinajstić information content (AvgIpc) is 2.90. The first-order valence-corrected chi connectivity index (χ1v) is 6.69. The highest BCUT2D eigenvalue weighted by molar-refractivity contribution is 5.76. The van der Waals surface area contributed by atoms with Gasteiger partial charge in [0, 0.05) is 12.5 Å². The van der Waals surface area contributed by atoms with Crippen LogP contribution in [0.25, 0.3) is 0 Å². The van der Waals surface area contributed by atoms with Crippen LogP contribution in [0.4, 0.5) is 4.39 Å². The van der Waals surface area contributed by atoms with Gasteiger partial charge in [-0.3, -0.25) is 4.79 Å². The molecule has 106 valence electrons. The topological polar surface area (TPSA) is 42.2 Å². The maximum absolute atomic E-state index is 13.4. The van der Waals surface area contributed by atoms with E-state index < -0.39 is 0 Å². The summed E-state index contributed by atoms with van der Waals surface area (Å²) in [5.74, 6) is -0.323. The van der Waals surface area contributed by atoms with E-state index in [2.05, 4.69) is 5.32 Å². The standard InChI is InChI=1S/C16H18FNO2/c1-12(10-13-8-9-20-11-13)18-16(19)7-6-14-4-2-3-5-15(14)17/h2-5,8-9,11-12H,6-7,10H2,1H3,(H,18,19). The number of furan rings is 1. The third-order valence-electron chi connectivity index (χ3n) is 3.11. The first-order valence-electron chi connectivity index (χ1n) is 6.69. The molecule has 0 aliphatic carbocycles. The van der Waals surface area contributed by atoms with Gasteiger partial charge >= 0.3 is 0 Å². The summed E-state index contributed by atoms with van der Waals surface area (Å²) in [4.78, 5) is 11.8. The number of rotatable bonds is 6. The smallest absolute Gasteiger partial charge is 0.220 e.